The molecule has 2 aromatic rings. The summed E-state index contributed by atoms with van der Waals surface area (Å²) in [6.45, 7) is 3.72. The third-order valence-corrected chi connectivity index (χ3v) is 3.99. The predicted molar refractivity (Wildman–Crippen MR) is 85.9 cm³/mol. The number of nitrogens with zero attached hydrogens (tertiary/aromatic N) is 1. The average Bonchev–Trinajstić information content (AvgIpc) is 3.01. The summed E-state index contributed by atoms with van der Waals surface area (Å²) in [7, 11) is 0. The molecule has 1 amide bonds. The van der Waals surface area contributed by atoms with E-state index >= 15 is 0 Å². The molecule has 0 spiro atoms. The monoisotopic (exact) mass is 354 g/mol. The van der Waals surface area contributed by atoms with Gasteiger partial charge in [0.05, 0.1) is 36.4 Å². The quantitative estimate of drug-likeness (QED) is 0.913. The summed E-state index contributed by atoms with van der Waals surface area (Å²) in [5.74, 6) is -0.512. The Morgan fingerprint density at radius 3 is 2.52 bits per heavy atom. The number of carbonyl (C=O) groups is 1. The van der Waals surface area contributed by atoms with Crippen LogP contribution in [0.4, 0.5) is 24.5 Å². The molecule has 8 heteroatoms. The standard InChI is InChI=1S/C17H17F3N2O3/c1-11-4-7-25-15(11)16(23)21-13-10-12(17(18,19)20)2-3-14(13)22-5-8-24-9-6-22/h2-4,7,10H,5-6,8-9H2,1H3,(H,21,23). The van der Waals surface area contributed by atoms with Gasteiger partial charge < -0.3 is 19.4 Å². The van der Waals surface area contributed by atoms with Crippen LogP contribution in [0.1, 0.15) is 21.7 Å². The number of hydrogen-bond donors (Lipinski definition) is 1. The van der Waals surface area contributed by atoms with E-state index < -0.39 is 17.6 Å². The lowest BCUT2D eigenvalue weighted by molar-refractivity contribution is -0.137. The Balaban J connectivity index is 1.95. The molecule has 1 aromatic carbocycles. The van der Waals surface area contributed by atoms with Crippen molar-refractivity contribution in [2.75, 3.05) is 36.5 Å². The van der Waals surface area contributed by atoms with Gasteiger partial charge in [-0.05, 0) is 31.2 Å². The first-order valence-electron chi connectivity index (χ1n) is 7.75. The molecule has 1 saturated heterocycles. The van der Waals surface area contributed by atoms with E-state index in [1.54, 1.807) is 13.0 Å². The van der Waals surface area contributed by atoms with Gasteiger partial charge in [-0.3, -0.25) is 4.79 Å². The lowest BCUT2D eigenvalue weighted by atomic mass is 10.1. The van der Waals surface area contributed by atoms with Crippen LogP contribution in [0.5, 0.6) is 0 Å². The van der Waals surface area contributed by atoms with Crippen LogP contribution >= 0.6 is 0 Å². The fraction of sp³-hybridized carbons (Fsp3) is 0.353. The van der Waals surface area contributed by atoms with Gasteiger partial charge in [0.15, 0.2) is 5.76 Å². The number of alkyl halides is 3. The molecule has 0 unspecified atom stereocenters. The van der Waals surface area contributed by atoms with Crippen molar-refractivity contribution >= 4 is 17.3 Å². The second-order valence-electron chi connectivity index (χ2n) is 5.72. The lowest BCUT2D eigenvalue weighted by Crippen LogP contribution is -2.36. The van der Waals surface area contributed by atoms with Crippen LogP contribution in [0.2, 0.25) is 0 Å². The molecule has 1 fully saturated rings. The van der Waals surface area contributed by atoms with Crippen LogP contribution in [0.15, 0.2) is 34.9 Å². The van der Waals surface area contributed by atoms with E-state index in [9.17, 15) is 18.0 Å². The third kappa shape index (κ3) is 3.79. The number of ether oxygens (including phenoxy) is 1. The molecule has 25 heavy (non-hydrogen) atoms. The van der Waals surface area contributed by atoms with E-state index in [-0.39, 0.29) is 11.4 Å². The molecule has 0 aliphatic carbocycles. The number of benzene rings is 1. The van der Waals surface area contributed by atoms with Gasteiger partial charge in [0.25, 0.3) is 5.91 Å². The first-order chi connectivity index (χ1) is 11.9. The third-order valence-electron chi connectivity index (χ3n) is 3.99. The minimum atomic E-state index is -4.50. The van der Waals surface area contributed by atoms with Crippen LogP contribution in [0.25, 0.3) is 0 Å². The topological polar surface area (TPSA) is 54.7 Å². The number of aryl methyl sites for hydroxylation is 1. The minimum Gasteiger partial charge on any atom is -0.459 e. The Kier molecular flexibility index (Phi) is 4.71. The zero-order valence-electron chi connectivity index (χ0n) is 13.5. The number of furan rings is 1. The number of nitrogens with one attached hydrogen (secondary N) is 1. The maximum absolute atomic E-state index is 13.1. The molecule has 0 bridgehead atoms. The molecule has 0 radical (unpaired) electrons. The van der Waals surface area contributed by atoms with Gasteiger partial charge >= 0.3 is 6.18 Å². The summed E-state index contributed by atoms with van der Waals surface area (Å²) in [5.41, 5.74) is 0.403. The highest BCUT2D eigenvalue weighted by atomic mass is 19.4. The van der Waals surface area contributed by atoms with Gasteiger partial charge in [0.2, 0.25) is 0 Å². The van der Waals surface area contributed by atoms with Crippen LogP contribution in [0, 0.1) is 6.92 Å². The molecular weight excluding hydrogens is 337 g/mol. The molecule has 1 aliphatic heterocycles. The largest absolute Gasteiger partial charge is 0.459 e. The fourth-order valence-electron chi connectivity index (χ4n) is 2.68. The lowest BCUT2D eigenvalue weighted by Gasteiger charge is -2.31. The highest BCUT2D eigenvalue weighted by Crippen LogP contribution is 2.36. The second-order valence-corrected chi connectivity index (χ2v) is 5.72. The Morgan fingerprint density at radius 2 is 1.92 bits per heavy atom. The van der Waals surface area contributed by atoms with Crippen molar-refractivity contribution in [3.63, 3.8) is 0 Å². The van der Waals surface area contributed by atoms with E-state index in [0.717, 1.165) is 12.1 Å². The zero-order chi connectivity index (χ0) is 18.0. The molecule has 1 N–H and O–H groups in total. The van der Waals surface area contributed by atoms with Crippen LogP contribution < -0.4 is 10.2 Å². The predicted octanol–water partition coefficient (Wildman–Crippen LogP) is 3.70. The first-order valence-corrected chi connectivity index (χ1v) is 7.75. The number of rotatable bonds is 3. The minimum absolute atomic E-state index is 0.0744. The summed E-state index contributed by atoms with van der Waals surface area (Å²) in [6, 6.07) is 4.95. The van der Waals surface area contributed by atoms with Gasteiger partial charge in [0, 0.05) is 18.7 Å². The Morgan fingerprint density at radius 1 is 1.20 bits per heavy atom. The number of anilines is 2. The maximum Gasteiger partial charge on any atom is 0.416 e. The van der Waals surface area contributed by atoms with Crippen LogP contribution in [-0.4, -0.2) is 32.2 Å². The van der Waals surface area contributed by atoms with E-state index in [2.05, 4.69) is 5.32 Å². The molecule has 5 nitrogen and oxygen atoms in total. The SMILES string of the molecule is Cc1ccoc1C(=O)Nc1cc(C(F)(F)F)ccc1N1CCOCC1. The summed E-state index contributed by atoms with van der Waals surface area (Å²) >= 11 is 0. The molecule has 0 atom stereocenters. The van der Waals surface area contributed by atoms with Gasteiger partial charge in [0.1, 0.15) is 0 Å². The summed E-state index contributed by atoms with van der Waals surface area (Å²) in [4.78, 5) is 14.2. The van der Waals surface area contributed by atoms with Crippen LogP contribution in [0.3, 0.4) is 0 Å². The number of amides is 1. The number of morpholine rings is 1. The summed E-state index contributed by atoms with van der Waals surface area (Å²) in [5, 5.41) is 2.55. The first kappa shape index (κ1) is 17.3. The van der Waals surface area contributed by atoms with Crippen molar-refractivity contribution in [2.24, 2.45) is 0 Å². The Labute approximate surface area is 142 Å². The molecule has 134 valence electrons. The molecule has 1 aromatic heterocycles. The Bertz CT molecular complexity index is 765. The van der Waals surface area contributed by atoms with Crippen molar-refractivity contribution < 1.29 is 27.1 Å². The maximum atomic E-state index is 13.1. The molecule has 1 aliphatic rings. The van der Waals surface area contributed by atoms with Gasteiger partial charge in [-0.25, -0.2) is 0 Å². The van der Waals surface area contributed by atoms with Crippen molar-refractivity contribution in [1.82, 2.24) is 0 Å². The van der Waals surface area contributed by atoms with E-state index in [4.69, 9.17) is 9.15 Å². The van der Waals surface area contributed by atoms with E-state index in [1.807, 2.05) is 4.90 Å². The highest BCUT2D eigenvalue weighted by Gasteiger charge is 2.32. The van der Waals surface area contributed by atoms with Gasteiger partial charge in [-0.15, -0.1) is 0 Å². The van der Waals surface area contributed by atoms with Crippen molar-refractivity contribution in [1.29, 1.82) is 0 Å². The number of carbonyl (C=O) groups excluding carboxylic acids is 1. The zero-order valence-corrected chi connectivity index (χ0v) is 13.5. The van der Waals surface area contributed by atoms with Crippen molar-refractivity contribution in [2.45, 2.75) is 13.1 Å². The highest BCUT2D eigenvalue weighted by molar-refractivity contribution is 6.05. The fourth-order valence-corrected chi connectivity index (χ4v) is 2.68. The normalized spacial score (nSPS) is 15.3. The second kappa shape index (κ2) is 6.79. The van der Waals surface area contributed by atoms with Crippen molar-refractivity contribution in [3.05, 3.63) is 47.4 Å². The average molecular weight is 354 g/mol. The van der Waals surface area contributed by atoms with Gasteiger partial charge in [-0.1, -0.05) is 0 Å². The van der Waals surface area contributed by atoms with Crippen molar-refractivity contribution in [3.8, 4) is 0 Å². The number of halogens is 3. The van der Waals surface area contributed by atoms with Crippen LogP contribution in [-0.2, 0) is 10.9 Å². The summed E-state index contributed by atoms with van der Waals surface area (Å²) in [6.07, 6.45) is -3.14. The number of hydrogen-bond acceptors (Lipinski definition) is 4. The molecular formula is C17H17F3N2O3. The van der Waals surface area contributed by atoms with E-state index in [0.29, 0.717) is 37.6 Å². The molecule has 3 rings (SSSR count). The molecule has 0 saturated carbocycles. The Hall–Kier alpha value is -2.48. The molecule has 2 heterocycles. The summed E-state index contributed by atoms with van der Waals surface area (Å²) < 4.78 is 49.5. The van der Waals surface area contributed by atoms with Gasteiger partial charge in [-0.2, -0.15) is 13.2 Å². The van der Waals surface area contributed by atoms with E-state index in [1.165, 1.54) is 12.3 Å². The smallest absolute Gasteiger partial charge is 0.416 e.